The summed E-state index contributed by atoms with van der Waals surface area (Å²) in [6, 6.07) is 8.35. The van der Waals surface area contributed by atoms with Gasteiger partial charge in [-0.15, -0.1) is 0 Å². The van der Waals surface area contributed by atoms with Crippen molar-refractivity contribution in [2.24, 2.45) is 0 Å². The van der Waals surface area contributed by atoms with E-state index < -0.39 is 0 Å². The van der Waals surface area contributed by atoms with Crippen LogP contribution in [0.4, 0.5) is 0 Å². The normalized spacial score (nSPS) is 13.5. The summed E-state index contributed by atoms with van der Waals surface area (Å²) in [5.41, 5.74) is 6.66. The molecular weight excluding hydrogens is 392 g/mol. The van der Waals surface area contributed by atoms with Gasteiger partial charge in [0.05, 0.1) is 0 Å². The Morgan fingerprint density at radius 2 is 0.688 bits per heavy atom. The van der Waals surface area contributed by atoms with Crippen molar-refractivity contribution in [3.05, 3.63) is 57.6 Å². The van der Waals surface area contributed by atoms with Gasteiger partial charge in [-0.05, 0) is 80.0 Å². The molecule has 0 aromatic heterocycles. The average molecular weight is 439 g/mol. The van der Waals surface area contributed by atoms with E-state index in [0.717, 1.165) is 24.0 Å². The van der Waals surface area contributed by atoms with Crippen molar-refractivity contribution in [1.29, 1.82) is 0 Å². The fourth-order valence-corrected chi connectivity index (χ4v) is 4.54. The van der Waals surface area contributed by atoms with E-state index in [2.05, 4.69) is 95.2 Å². The first-order chi connectivity index (χ1) is 14.2. The van der Waals surface area contributed by atoms with Crippen molar-refractivity contribution in [3.8, 4) is 11.5 Å². The van der Waals surface area contributed by atoms with E-state index in [0.29, 0.717) is 11.5 Å². The van der Waals surface area contributed by atoms with Gasteiger partial charge in [0.2, 0.25) is 0 Å². The fourth-order valence-electron chi connectivity index (χ4n) is 4.54. The standard InChI is InChI=1S/C30H46O2/c1-27(2,3)21-17-23(29(7,8)9)25(31)15-19(21)13-14-20-16-26(32)24(30(10,11)12)18-22(20)28(4,5)6/h15-18,31-32H,13-14H2,1-12H3. The van der Waals surface area contributed by atoms with Gasteiger partial charge in [-0.2, -0.15) is 0 Å². The smallest absolute Gasteiger partial charge is 0.119 e. The summed E-state index contributed by atoms with van der Waals surface area (Å²) in [6.45, 7) is 26.3. The Hall–Kier alpha value is -1.96. The summed E-state index contributed by atoms with van der Waals surface area (Å²) >= 11 is 0. The number of benzene rings is 2. The minimum Gasteiger partial charge on any atom is -0.508 e. The van der Waals surface area contributed by atoms with Gasteiger partial charge in [-0.3, -0.25) is 0 Å². The highest BCUT2D eigenvalue weighted by Gasteiger charge is 2.27. The first kappa shape index (κ1) is 26.3. The van der Waals surface area contributed by atoms with Crippen LogP contribution in [0.15, 0.2) is 24.3 Å². The highest BCUT2D eigenvalue weighted by atomic mass is 16.3. The summed E-state index contributed by atoms with van der Waals surface area (Å²) < 4.78 is 0. The number of aromatic hydroxyl groups is 2. The molecule has 0 radical (unpaired) electrons. The fraction of sp³-hybridized carbons (Fsp3) is 0.600. The van der Waals surface area contributed by atoms with E-state index in [1.165, 1.54) is 22.3 Å². The van der Waals surface area contributed by atoms with Gasteiger partial charge >= 0.3 is 0 Å². The highest BCUT2D eigenvalue weighted by molar-refractivity contribution is 5.50. The predicted octanol–water partition coefficient (Wildman–Crippen LogP) is 8.07. The van der Waals surface area contributed by atoms with Crippen LogP contribution in [0.25, 0.3) is 0 Å². The van der Waals surface area contributed by atoms with Crippen molar-refractivity contribution >= 4 is 0 Å². The molecule has 0 atom stereocenters. The molecule has 0 aliphatic carbocycles. The molecule has 2 aromatic carbocycles. The zero-order chi connectivity index (χ0) is 24.9. The quantitative estimate of drug-likeness (QED) is 0.508. The molecule has 32 heavy (non-hydrogen) atoms. The van der Waals surface area contributed by atoms with Crippen LogP contribution in [0.5, 0.6) is 11.5 Å². The number of hydrogen-bond donors (Lipinski definition) is 2. The van der Waals surface area contributed by atoms with E-state index in [1.54, 1.807) is 0 Å². The minimum absolute atomic E-state index is 0.0197. The first-order valence-electron chi connectivity index (χ1n) is 12.0. The Kier molecular flexibility index (Phi) is 6.93. The highest BCUT2D eigenvalue weighted by Crippen LogP contribution is 2.40. The largest absolute Gasteiger partial charge is 0.508 e. The molecule has 0 aliphatic heterocycles. The van der Waals surface area contributed by atoms with Gasteiger partial charge in [-0.25, -0.2) is 0 Å². The third kappa shape index (κ3) is 5.88. The molecule has 0 bridgehead atoms. The van der Waals surface area contributed by atoms with Gasteiger partial charge < -0.3 is 10.2 Å². The topological polar surface area (TPSA) is 40.5 Å². The van der Waals surface area contributed by atoms with Crippen molar-refractivity contribution in [3.63, 3.8) is 0 Å². The number of aryl methyl sites for hydroxylation is 2. The molecular formula is C30H46O2. The van der Waals surface area contributed by atoms with Crippen molar-refractivity contribution < 1.29 is 10.2 Å². The molecule has 0 saturated heterocycles. The summed E-state index contributed by atoms with van der Waals surface area (Å²) in [7, 11) is 0. The molecule has 0 amide bonds. The summed E-state index contributed by atoms with van der Waals surface area (Å²) in [5, 5.41) is 21.7. The number of phenols is 2. The maximum atomic E-state index is 10.8. The maximum Gasteiger partial charge on any atom is 0.119 e. The summed E-state index contributed by atoms with van der Waals surface area (Å²) in [4.78, 5) is 0. The predicted molar refractivity (Wildman–Crippen MR) is 138 cm³/mol. The lowest BCUT2D eigenvalue weighted by Crippen LogP contribution is -2.20. The van der Waals surface area contributed by atoms with E-state index in [9.17, 15) is 10.2 Å². The Bertz CT molecular complexity index is 887. The van der Waals surface area contributed by atoms with Crippen LogP contribution in [0, 0.1) is 0 Å². The van der Waals surface area contributed by atoms with Gasteiger partial charge in [0.25, 0.3) is 0 Å². The van der Waals surface area contributed by atoms with E-state index in [1.807, 2.05) is 12.1 Å². The Morgan fingerprint density at radius 3 is 0.906 bits per heavy atom. The number of rotatable bonds is 3. The van der Waals surface area contributed by atoms with E-state index in [-0.39, 0.29) is 21.7 Å². The molecule has 2 N–H and O–H groups in total. The Labute approximate surface area is 197 Å². The zero-order valence-electron chi connectivity index (χ0n) is 22.6. The maximum absolute atomic E-state index is 10.8. The van der Waals surface area contributed by atoms with Crippen LogP contribution in [0.1, 0.15) is 116 Å². The monoisotopic (exact) mass is 438 g/mol. The lowest BCUT2D eigenvalue weighted by molar-refractivity contribution is 0.441. The second kappa shape index (κ2) is 8.43. The van der Waals surface area contributed by atoms with E-state index >= 15 is 0 Å². The Morgan fingerprint density at radius 1 is 0.438 bits per heavy atom. The van der Waals surface area contributed by atoms with Crippen molar-refractivity contribution in [2.45, 2.75) is 118 Å². The molecule has 2 aromatic rings. The van der Waals surface area contributed by atoms with Crippen molar-refractivity contribution in [1.82, 2.24) is 0 Å². The lowest BCUT2D eigenvalue weighted by atomic mass is 9.75. The average Bonchev–Trinajstić information content (AvgIpc) is 2.55. The van der Waals surface area contributed by atoms with E-state index in [4.69, 9.17) is 0 Å². The minimum atomic E-state index is -0.114. The number of phenolic OH excluding ortho intramolecular Hbond substituents is 2. The second-order valence-electron chi connectivity index (χ2n) is 13.6. The van der Waals surface area contributed by atoms with Crippen LogP contribution in [-0.4, -0.2) is 10.2 Å². The molecule has 178 valence electrons. The molecule has 0 heterocycles. The third-order valence-corrected chi connectivity index (χ3v) is 6.34. The van der Waals surface area contributed by atoms with Gasteiger partial charge in [0, 0.05) is 0 Å². The van der Waals surface area contributed by atoms with Gasteiger partial charge in [-0.1, -0.05) is 95.2 Å². The van der Waals surface area contributed by atoms with Crippen LogP contribution in [0.2, 0.25) is 0 Å². The van der Waals surface area contributed by atoms with Crippen molar-refractivity contribution in [2.75, 3.05) is 0 Å². The van der Waals surface area contributed by atoms with Gasteiger partial charge in [0.1, 0.15) is 11.5 Å². The SMILES string of the molecule is CC(C)(C)c1cc(C(C)(C)C)c(CCc2cc(O)c(C(C)(C)C)cc2C(C)(C)C)cc1O. The van der Waals surface area contributed by atoms with Gasteiger partial charge in [0.15, 0.2) is 0 Å². The molecule has 0 aliphatic rings. The third-order valence-electron chi connectivity index (χ3n) is 6.34. The summed E-state index contributed by atoms with van der Waals surface area (Å²) in [6.07, 6.45) is 1.64. The van der Waals surface area contributed by atoms with Crippen LogP contribution >= 0.6 is 0 Å². The molecule has 0 fully saturated rings. The summed E-state index contributed by atoms with van der Waals surface area (Å²) in [5.74, 6) is 0.755. The van der Waals surface area contributed by atoms with Crippen LogP contribution < -0.4 is 0 Å². The number of hydrogen-bond acceptors (Lipinski definition) is 2. The van der Waals surface area contributed by atoms with Crippen LogP contribution in [-0.2, 0) is 34.5 Å². The molecule has 2 nitrogen and oxygen atoms in total. The molecule has 0 unspecified atom stereocenters. The first-order valence-corrected chi connectivity index (χ1v) is 12.0. The zero-order valence-corrected chi connectivity index (χ0v) is 22.6. The molecule has 0 saturated carbocycles. The lowest BCUT2D eigenvalue weighted by Gasteiger charge is -2.30. The second-order valence-corrected chi connectivity index (χ2v) is 13.6. The Balaban J connectivity index is 2.57. The molecule has 0 spiro atoms. The van der Waals surface area contributed by atoms with Crippen LogP contribution in [0.3, 0.4) is 0 Å². The molecule has 2 heteroatoms. The molecule has 2 rings (SSSR count).